The summed E-state index contributed by atoms with van der Waals surface area (Å²) in [4.78, 5) is 2.49. The van der Waals surface area contributed by atoms with Crippen LogP contribution in [0.25, 0.3) is 0 Å². The summed E-state index contributed by atoms with van der Waals surface area (Å²) < 4.78 is 5.50. The Kier molecular flexibility index (Phi) is 4.02. The second-order valence-corrected chi connectivity index (χ2v) is 4.70. The molecule has 0 saturated carbocycles. The molecule has 16 heavy (non-hydrogen) atoms. The van der Waals surface area contributed by atoms with Crippen molar-refractivity contribution in [1.29, 1.82) is 0 Å². The van der Waals surface area contributed by atoms with Crippen LogP contribution in [0.3, 0.4) is 0 Å². The zero-order valence-corrected chi connectivity index (χ0v) is 10.3. The van der Waals surface area contributed by atoms with Gasteiger partial charge in [-0.2, -0.15) is 0 Å². The van der Waals surface area contributed by atoms with E-state index in [9.17, 15) is 0 Å². The second-order valence-electron chi connectivity index (χ2n) is 4.70. The lowest BCUT2D eigenvalue weighted by Gasteiger charge is -2.33. The summed E-state index contributed by atoms with van der Waals surface area (Å²) in [7, 11) is 0. The van der Waals surface area contributed by atoms with Crippen molar-refractivity contribution in [2.45, 2.75) is 39.3 Å². The summed E-state index contributed by atoms with van der Waals surface area (Å²) in [5.41, 5.74) is 1.27. The Balaban J connectivity index is 1.88. The Morgan fingerprint density at radius 1 is 1.56 bits per heavy atom. The molecule has 2 heterocycles. The van der Waals surface area contributed by atoms with Crippen LogP contribution in [-0.4, -0.2) is 30.6 Å². The van der Waals surface area contributed by atoms with Crippen LogP contribution in [0.15, 0.2) is 16.7 Å². The molecular formula is C13H22N2O. The summed E-state index contributed by atoms with van der Waals surface area (Å²) in [6.07, 6.45) is 4.31. The van der Waals surface area contributed by atoms with Gasteiger partial charge in [-0.3, -0.25) is 4.90 Å². The van der Waals surface area contributed by atoms with E-state index in [0.29, 0.717) is 6.04 Å². The van der Waals surface area contributed by atoms with Crippen molar-refractivity contribution in [3.8, 4) is 0 Å². The molecule has 0 amide bonds. The molecule has 1 aliphatic heterocycles. The predicted octanol–water partition coefficient (Wildman–Crippen LogP) is 2.16. The molecule has 1 atom stereocenters. The minimum Gasteiger partial charge on any atom is -0.468 e. The van der Waals surface area contributed by atoms with Crippen LogP contribution >= 0.6 is 0 Å². The van der Waals surface area contributed by atoms with Crippen molar-refractivity contribution in [3.63, 3.8) is 0 Å². The number of aryl methyl sites for hydroxylation is 1. The Morgan fingerprint density at radius 2 is 2.44 bits per heavy atom. The molecule has 1 aromatic heterocycles. The molecular weight excluding hydrogens is 200 g/mol. The zero-order chi connectivity index (χ0) is 11.4. The van der Waals surface area contributed by atoms with Crippen LogP contribution in [0.2, 0.25) is 0 Å². The Bertz CT molecular complexity index is 319. The van der Waals surface area contributed by atoms with Gasteiger partial charge in [0.05, 0.1) is 12.8 Å². The molecule has 1 aromatic rings. The van der Waals surface area contributed by atoms with E-state index in [1.54, 1.807) is 6.26 Å². The van der Waals surface area contributed by atoms with Crippen molar-refractivity contribution in [2.24, 2.45) is 0 Å². The van der Waals surface area contributed by atoms with Crippen LogP contribution in [0.1, 0.15) is 31.1 Å². The highest BCUT2D eigenvalue weighted by molar-refractivity contribution is 5.14. The van der Waals surface area contributed by atoms with E-state index >= 15 is 0 Å². The van der Waals surface area contributed by atoms with Crippen molar-refractivity contribution < 1.29 is 4.42 Å². The Morgan fingerprint density at radius 3 is 3.12 bits per heavy atom. The molecule has 0 aliphatic carbocycles. The third-order valence-corrected chi connectivity index (χ3v) is 3.31. The Labute approximate surface area is 97.8 Å². The fraction of sp³-hybridized carbons (Fsp3) is 0.692. The lowest BCUT2D eigenvalue weighted by molar-refractivity contribution is 0.175. The molecule has 3 nitrogen and oxygen atoms in total. The van der Waals surface area contributed by atoms with Gasteiger partial charge in [0.1, 0.15) is 5.76 Å². The number of nitrogens with zero attached hydrogens (tertiary/aromatic N) is 1. The molecule has 0 bridgehead atoms. The van der Waals surface area contributed by atoms with Gasteiger partial charge < -0.3 is 9.73 Å². The quantitative estimate of drug-likeness (QED) is 0.846. The summed E-state index contributed by atoms with van der Waals surface area (Å²) in [6, 6.07) is 2.70. The van der Waals surface area contributed by atoms with Gasteiger partial charge in [-0.05, 0) is 25.0 Å². The summed E-state index contributed by atoms with van der Waals surface area (Å²) in [5.74, 6) is 1.12. The number of nitrogens with one attached hydrogen (secondary N) is 1. The van der Waals surface area contributed by atoms with Crippen molar-refractivity contribution in [1.82, 2.24) is 10.2 Å². The SMILES string of the molecule is CCCC1CN(Cc2occc2C)CCN1. The van der Waals surface area contributed by atoms with Gasteiger partial charge in [-0.25, -0.2) is 0 Å². The standard InChI is InChI=1S/C13H22N2O/c1-3-4-12-9-15(7-6-14-12)10-13-11(2)5-8-16-13/h5,8,12,14H,3-4,6-7,9-10H2,1-2H3. The van der Waals surface area contributed by atoms with Crippen molar-refractivity contribution in [3.05, 3.63) is 23.7 Å². The first kappa shape index (κ1) is 11.7. The topological polar surface area (TPSA) is 28.4 Å². The first-order valence-electron chi connectivity index (χ1n) is 6.28. The fourth-order valence-corrected chi connectivity index (χ4v) is 2.35. The highest BCUT2D eigenvalue weighted by Crippen LogP contribution is 2.14. The highest BCUT2D eigenvalue weighted by Gasteiger charge is 2.19. The van der Waals surface area contributed by atoms with E-state index in [1.165, 1.54) is 18.4 Å². The average molecular weight is 222 g/mol. The van der Waals surface area contributed by atoms with Crippen LogP contribution in [-0.2, 0) is 6.54 Å². The van der Waals surface area contributed by atoms with Gasteiger partial charge in [0, 0.05) is 25.7 Å². The van der Waals surface area contributed by atoms with E-state index in [1.807, 2.05) is 6.07 Å². The van der Waals surface area contributed by atoms with Gasteiger partial charge in [0.15, 0.2) is 0 Å². The first-order valence-corrected chi connectivity index (χ1v) is 6.28. The predicted molar refractivity (Wildman–Crippen MR) is 65.4 cm³/mol. The molecule has 2 rings (SSSR count). The Hall–Kier alpha value is -0.800. The minimum absolute atomic E-state index is 0.661. The van der Waals surface area contributed by atoms with Crippen LogP contribution < -0.4 is 5.32 Å². The van der Waals surface area contributed by atoms with Crippen LogP contribution in [0.5, 0.6) is 0 Å². The fourth-order valence-electron chi connectivity index (χ4n) is 2.35. The number of hydrogen-bond donors (Lipinski definition) is 1. The molecule has 1 aliphatic rings. The lowest BCUT2D eigenvalue weighted by atomic mass is 10.1. The van der Waals surface area contributed by atoms with E-state index in [-0.39, 0.29) is 0 Å². The maximum Gasteiger partial charge on any atom is 0.120 e. The van der Waals surface area contributed by atoms with Gasteiger partial charge >= 0.3 is 0 Å². The van der Waals surface area contributed by atoms with E-state index in [4.69, 9.17) is 4.42 Å². The zero-order valence-electron chi connectivity index (χ0n) is 10.3. The third kappa shape index (κ3) is 2.86. The average Bonchev–Trinajstić information content (AvgIpc) is 2.66. The largest absolute Gasteiger partial charge is 0.468 e. The normalized spacial score (nSPS) is 22.5. The van der Waals surface area contributed by atoms with E-state index in [2.05, 4.69) is 24.1 Å². The maximum atomic E-state index is 5.50. The van der Waals surface area contributed by atoms with Gasteiger partial charge in [0.25, 0.3) is 0 Å². The first-order chi connectivity index (χ1) is 7.79. The minimum atomic E-state index is 0.661. The summed E-state index contributed by atoms with van der Waals surface area (Å²) >= 11 is 0. The van der Waals surface area contributed by atoms with Crippen LogP contribution in [0.4, 0.5) is 0 Å². The molecule has 0 spiro atoms. The van der Waals surface area contributed by atoms with Gasteiger partial charge in [0.2, 0.25) is 0 Å². The maximum absolute atomic E-state index is 5.50. The molecule has 1 saturated heterocycles. The molecule has 0 aromatic carbocycles. The molecule has 1 fully saturated rings. The lowest BCUT2D eigenvalue weighted by Crippen LogP contribution is -2.50. The second kappa shape index (κ2) is 5.51. The molecule has 1 unspecified atom stereocenters. The molecule has 3 heteroatoms. The van der Waals surface area contributed by atoms with E-state index < -0.39 is 0 Å². The highest BCUT2D eigenvalue weighted by atomic mass is 16.3. The molecule has 90 valence electrons. The number of hydrogen-bond acceptors (Lipinski definition) is 3. The number of rotatable bonds is 4. The van der Waals surface area contributed by atoms with E-state index in [0.717, 1.165) is 31.9 Å². The van der Waals surface area contributed by atoms with Gasteiger partial charge in [-0.15, -0.1) is 0 Å². The monoisotopic (exact) mass is 222 g/mol. The van der Waals surface area contributed by atoms with Crippen molar-refractivity contribution in [2.75, 3.05) is 19.6 Å². The number of piperazine rings is 1. The summed E-state index contributed by atoms with van der Waals surface area (Å²) in [6.45, 7) is 8.70. The van der Waals surface area contributed by atoms with Crippen LogP contribution in [0, 0.1) is 6.92 Å². The molecule has 1 N–H and O–H groups in total. The summed E-state index contributed by atoms with van der Waals surface area (Å²) in [5, 5.41) is 3.57. The smallest absolute Gasteiger partial charge is 0.120 e. The number of furan rings is 1. The molecule has 0 radical (unpaired) electrons. The van der Waals surface area contributed by atoms with Crippen molar-refractivity contribution >= 4 is 0 Å². The van der Waals surface area contributed by atoms with Gasteiger partial charge in [-0.1, -0.05) is 13.3 Å². The third-order valence-electron chi connectivity index (χ3n) is 3.31.